The summed E-state index contributed by atoms with van der Waals surface area (Å²) in [6.45, 7) is 3.33. The number of rotatable bonds is 4. The second-order valence-corrected chi connectivity index (χ2v) is 7.80. The number of nitrogens with zero attached hydrogens (tertiary/aromatic N) is 4. The molecule has 0 radical (unpaired) electrons. The van der Waals surface area contributed by atoms with Crippen molar-refractivity contribution in [2.75, 3.05) is 33.4 Å². The fourth-order valence-corrected chi connectivity index (χ4v) is 4.43. The summed E-state index contributed by atoms with van der Waals surface area (Å²) in [4.78, 5) is 31.9. The molecule has 2 aromatic rings. The normalized spacial score (nSPS) is 23.1. The zero-order valence-electron chi connectivity index (χ0n) is 16.6. The van der Waals surface area contributed by atoms with Crippen molar-refractivity contribution in [1.29, 1.82) is 0 Å². The van der Waals surface area contributed by atoms with E-state index in [0.29, 0.717) is 50.3 Å². The molecule has 0 unspecified atom stereocenters. The molecule has 1 saturated carbocycles. The van der Waals surface area contributed by atoms with Crippen molar-refractivity contribution in [3.05, 3.63) is 22.6 Å². The predicted molar refractivity (Wildman–Crippen MR) is 104 cm³/mol. The lowest BCUT2D eigenvalue weighted by Crippen LogP contribution is -2.44. The molecule has 1 aliphatic heterocycles. The smallest absolute Gasteiger partial charge is 0.330 e. The molecule has 0 N–H and O–H groups in total. The van der Waals surface area contributed by atoms with Gasteiger partial charge in [0.1, 0.15) is 0 Å². The van der Waals surface area contributed by atoms with Crippen LogP contribution in [0.5, 0.6) is 5.88 Å². The number of aromatic nitrogens is 3. The van der Waals surface area contributed by atoms with Gasteiger partial charge in [-0.2, -0.15) is 4.98 Å². The monoisotopic (exact) mass is 388 g/mol. The maximum absolute atomic E-state index is 12.7. The highest BCUT2D eigenvalue weighted by Crippen LogP contribution is 2.31. The van der Waals surface area contributed by atoms with Crippen LogP contribution in [0.25, 0.3) is 11.2 Å². The molecule has 8 nitrogen and oxygen atoms in total. The SMILES string of the molecule is COc1ccc2c(n1)n(CC1CCC(C(=O)N3CCOCC3)CC1)c(=O)n2C. The lowest BCUT2D eigenvalue weighted by molar-refractivity contribution is -0.141. The zero-order valence-corrected chi connectivity index (χ0v) is 16.6. The molecule has 0 aromatic carbocycles. The Balaban J connectivity index is 1.44. The predicted octanol–water partition coefficient (Wildman–Crippen LogP) is 1.41. The fraction of sp³-hybridized carbons (Fsp3) is 0.650. The third-order valence-electron chi connectivity index (χ3n) is 6.13. The summed E-state index contributed by atoms with van der Waals surface area (Å²) in [6.07, 6.45) is 3.68. The van der Waals surface area contributed by atoms with Crippen molar-refractivity contribution < 1.29 is 14.3 Å². The minimum atomic E-state index is -0.0535. The highest BCUT2D eigenvalue weighted by Gasteiger charge is 2.31. The second kappa shape index (κ2) is 7.95. The number of aryl methyl sites for hydroxylation is 1. The Morgan fingerprint density at radius 3 is 2.61 bits per heavy atom. The molecule has 2 aliphatic rings. The Kier molecular flexibility index (Phi) is 5.39. The summed E-state index contributed by atoms with van der Waals surface area (Å²) < 4.78 is 14.0. The maximum atomic E-state index is 12.7. The lowest BCUT2D eigenvalue weighted by atomic mass is 9.81. The van der Waals surface area contributed by atoms with Crippen molar-refractivity contribution in [1.82, 2.24) is 19.0 Å². The van der Waals surface area contributed by atoms with E-state index >= 15 is 0 Å². The topological polar surface area (TPSA) is 78.6 Å². The van der Waals surface area contributed by atoms with Crippen LogP contribution in [0.4, 0.5) is 0 Å². The standard InChI is InChI=1S/C20H28N4O4/c1-22-16-7-8-17(27-2)21-18(16)24(20(22)26)13-14-3-5-15(6-4-14)19(25)23-9-11-28-12-10-23/h7-8,14-15H,3-6,9-13H2,1-2H3. The number of morpholine rings is 1. The molecule has 3 heterocycles. The van der Waals surface area contributed by atoms with Crippen LogP contribution in [0.15, 0.2) is 16.9 Å². The average molecular weight is 388 g/mol. The van der Waals surface area contributed by atoms with Crippen molar-refractivity contribution in [2.45, 2.75) is 32.2 Å². The van der Waals surface area contributed by atoms with Crippen molar-refractivity contribution in [3.8, 4) is 5.88 Å². The third kappa shape index (κ3) is 3.53. The molecule has 152 valence electrons. The van der Waals surface area contributed by atoms with E-state index in [9.17, 15) is 9.59 Å². The first-order valence-corrected chi connectivity index (χ1v) is 10.0. The summed E-state index contributed by atoms with van der Waals surface area (Å²) in [6, 6.07) is 3.64. The molecular formula is C20H28N4O4. The minimum Gasteiger partial charge on any atom is -0.481 e. The number of carbonyl (C=O) groups is 1. The number of carbonyl (C=O) groups excluding carboxylic acids is 1. The van der Waals surface area contributed by atoms with Gasteiger partial charge in [0.2, 0.25) is 11.8 Å². The summed E-state index contributed by atoms with van der Waals surface area (Å²) in [5, 5.41) is 0. The van der Waals surface area contributed by atoms with Crippen LogP contribution in [-0.2, 0) is 23.1 Å². The molecule has 2 aromatic heterocycles. The van der Waals surface area contributed by atoms with Gasteiger partial charge in [-0.15, -0.1) is 0 Å². The third-order valence-corrected chi connectivity index (χ3v) is 6.13. The summed E-state index contributed by atoms with van der Waals surface area (Å²) in [5.41, 5.74) is 1.42. The Morgan fingerprint density at radius 2 is 1.93 bits per heavy atom. The highest BCUT2D eigenvalue weighted by atomic mass is 16.5. The largest absolute Gasteiger partial charge is 0.481 e. The first kappa shape index (κ1) is 19.0. The molecule has 28 heavy (non-hydrogen) atoms. The second-order valence-electron chi connectivity index (χ2n) is 7.80. The van der Waals surface area contributed by atoms with Gasteiger partial charge in [0.25, 0.3) is 0 Å². The molecule has 1 aliphatic carbocycles. The van der Waals surface area contributed by atoms with Crippen LogP contribution in [0.1, 0.15) is 25.7 Å². The summed E-state index contributed by atoms with van der Waals surface area (Å²) >= 11 is 0. The van der Waals surface area contributed by atoms with E-state index in [1.807, 2.05) is 11.0 Å². The van der Waals surface area contributed by atoms with Gasteiger partial charge < -0.3 is 14.4 Å². The van der Waals surface area contributed by atoms with Gasteiger partial charge in [-0.1, -0.05) is 0 Å². The Labute approximate surface area is 164 Å². The van der Waals surface area contributed by atoms with E-state index in [4.69, 9.17) is 9.47 Å². The summed E-state index contributed by atoms with van der Waals surface area (Å²) in [5.74, 6) is 1.27. The number of pyridine rings is 1. The molecule has 8 heteroatoms. The molecule has 0 atom stereocenters. The quantitative estimate of drug-likeness (QED) is 0.791. The number of amides is 1. The maximum Gasteiger partial charge on any atom is 0.330 e. The van der Waals surface area contributed by atoms with E-state index in [2.05, 4.69) is 4.98 Å². The van der Waals surface area contributed by atoms with Crippen molar-refractivity contribution in [3.63, 3.8) is 0 Å². The van der Waals surface area contributed by atoms with Gasteiger partial charge in [0.05, 0.1) is 25.8 Å². The van der Waals surface area contributed by atoms with Gasteiger partial charge in [-0.25, -0.2) is 4.79 Å². The van der Waals surface area contributed by atoms with Gasteiger partial charge >= 0.3 is 5.69 Å². The van der Waals surface area contributed by atoms with Crippen LogP contribution >= 0.6 is 0 Å². The van der Waals surface area contributed by atoms with E-state index in [1.165, 1.54) is 0 Å². The lowest BCUT2D eigenvalue weighted by Gasteiger charge is -2.34. The molecule has 2 fully saturated rings. The number of fused-ring (bicyclic) bond motifs is 1. The molecule has 0 spiro atoms. The van der Waals surface area contributed by atoms with Crippen LogP contribution in [-0.4, -0.2) is 58.3 Å². The number of ether oxygens (including phenoxy) is 2. The minimum absolute atomic E-state index is 0.0535. The van der Waals surface area contributed by atoms with Gasteiger partial charge in [-0.05, 0) is 37.7 Å². The Morgan fingerprint density at radius 1 is 1.21 bits per heavy atom. The van der Waals surface area contributed by atoms with Gasteiger partial charge in [0, 0.05) is 38.7 Å². The molecular weight excluding hydrogens is 360 g/mol. The van der Waals surface area contributed by atoms with Crippen molar-refractivity contribution in [2.24, 2.45) is 18.9 Å². The van der Waals surface area contributed by atoms with E-state index in [-0.39, 0.29) is 17.5 Å². The molecule has 4 rings (SSSR count). The van der Waals surface area contributed by atoms with Crippen LogP contribution in [0.2, 0.25) is 0 Å². The van der Waals surface area contributed by atoms with Gasteiger partial charge in [-0.3, -0.25) is 13.9 Å². The zero-order chi connectivity index (χ0) is 19.7. The summed E-state index contributed by atoms with van der Waals surface area (Å²) in [7, 11) is 3.35. The van der Waals surface area contributed by atoms with E-state index in [1.54, 1.807) is 29.4 Å². The number of hydrogen-bond donors (Lipinski definition) is 0. The molecule has 0 bridgehead atoms. The highest BCUT2D eigenvalue weighted by molar-refractivity contribution is 5.79. The van der Waals surface area contributed by atoms with E-state index < -0.39 is 0 Å². The van der Waals surface area contributed by atoms with Crippen LogP contribution in [0, 0.1) is 11.8 Å². The average Bonchev–Trinajstić information content (AvgIpc) is 2.98. The number of methoxy groups -OCH3 is 1. The Hall–Kier alpha value is -2.35. The van der Waals surface area contributed by atoms with E-state index in [0.717, 1.165) is 31.2 Å². The van der Waals surface area contributed by atoms with Gasteiger partial charge in [0.15, 0.2) is 5.65 Å². The molecule has 1 saturated heterocycles. The Bertz CT molecular complexity index is 905. The first-order valence-electron chi connectivity index (χ1n) is 10.0. The molecule has 1 amide bonds. The number of hydrogen-bond acceptors (Lipinski definition) is 5. The van der Waals surface area contributed by atoms with Crippen LogP contribution in [0.3, 0.4) is 0 Å². The van der Waals surface area contributed by atoms with Crippen molar-refractivity contribution >= 4 is 17.1 Å². The number of imidazole rings is 1. The first-order chi connectivity index (χ1) is 13.6. The fourth-order valence-electron chi connectivity index (χ4n) is 4.43. The van der Waals surface area contributed by atoms with Crippen LogP contribution < -0.4 is 10.4 Å².